The van der Waals surface area contributed by atoms with E-state index in [1.807, 2.05) is 6.92 Å². The van der Waals surface area contributed by atoms with Gasteiger partial charge in [0.05, 0.1) is 7.11 Å². The highest BCUT2D eigenvalue weighted by molar-refractivity contribution is 5.82. The van der Waals surface area contributed by atoms with Crippen LogP contribution in [-0.2, 0) is 14.3 Å². The summed E-state index contributed by atoms with van der Waals surface area (Å²) >= 11 is 0. The Bertz CT molecular complexity index is 246. The summed E-state index contributed by atoms with van der Waals surface area (Å²) in [6.07, 6.45) is 1.03. The first-order valence-corrected chi connectivity index (χ1v) is 5.43. The van der Waals surface area contributed by atoms with Crippen molar-refractivity contribution in [1.29, 1.82) is 0 Å². The van der Waals surface area contributed by atoms with Gasteiger partial charge in [-0.15, -0.1) is 0 Å². The number of amides is 1. The average Bonchev–Trinajstić information content (AvgIpc) is 2.14. The van der Waals surface area contributed by atoms with Crippen molar-refractivity contribution in [2.45, 2.75) is 39.2 Å². The molecular formula is C11H22N2O3. The number of methoxy groups -OCH3 is 1. The van der Waals surface area contributed by atoms with Gasteiger partial charge in [-0.25, -0.2) is 0 Å². The van der Waals surface area contributed by atoms with Crippen molar-refractivity contribution in [2.75, 3.05) is 20.2 Å². The molecule has 0 atom stereocenters. The van der Waals surface area contributed by atoms with Crippen LogP contribution in [0, 0.1) is 0 Å². The van der Waals surface area contributed by atoms with Crippen LogP contribution in [0.2, 0.25) is 0 Å². The van der Waals surface area contributed by atoms with E-state index in [9.17, 15) is 9.59 Å². The van der Waals surface area contributed by atoms with Crippen molar-refractivity contribution < 1.29 is 14.3 Å². The Morgan fingerprint density at radius 2 is 1.94 bits per heavy atom. The van der Waals surface area contributed by atoms with E-state index in [-0.39, 0.29) is 18.9 Å². The van der Waals surface area contributed by atoms with Gasteiger partial charge in [0.15, 0.2) is 0 Å². The van der Waals surface area contributed by atoms with E-state index in [1.165, 1.54) is 12.0 Å². The monoisotopic (exact) mass is 230 g/mol. The minimum Gasteiger partial charge on any atom is -0.468 e. The zero-order chi connectivity index (χ0) is 12.8. The molecule has 0 spiro atoms. The minimum atomic E-state index is -0.556. The van der Waals surface area contributed by atoms with Crippen LogP contribution in [0.15, 0.2) is 0 Å². The molecule has 0 radical (unpaired) electrons. The van der Waals surface area contributed by atoms with Crippen LogP contribution in [0.4, 0.5) is 0 Å². The quantitative estimate of drug-likeness (QED) is 0.675. The number of hydrogen-bond donors (Lipinski definition) is 1. The molecule has 0 aliphatic carbocycles. The number of ether oxygens (including phenoxy) is 1. The number of hydrogen-bond acceptors (Lipinski definition) is 4. The number of carbonyl (C=O) groups is 2. The Labute approximate surface area is 96.9 Å². The van der Waals surface area contributed by atoms with E-state index in [4.69, 9.17) is 5.73 Å². The number of nitrogens with zero attached hydrogens (tertiary/aromatic N) is 1. The molecule has 0 fully saturated rings. The Balaban J connectivity index is 4.40. The molecule has 0 aliphatic heterocycles. The maximum Gasteiger partial charge on any atom is 0.325 e. The molecule has 5 heteroatoms. The first-order valence-electron chi connectivity index (χ1n) is 5.43. The second-order valence-corrected chi connectivity index (χ2v) is 4.56. The average molecular weight is 230 g/mol. The molecule has 0 saturated carbocycles. The normalized spacial score (nSPS) is 11.1. The van der Waals surface area contributed by atoms with Crippen LogP contribution in [-0.4, -0.2) is 42.5 Å². The summed E-state index contributed by atoms with van der Waals surface area (Å²) in [7, 11) is 1.31. The molecule has 0 bridgehead atoms. The predicted molar refractivity (Wildman–Crippen MR) is 61.8 cm³/mol. The highest BCUT2D eigenvalue weighted by Crippen LogP contribution is 2.07. The molecule has 0 heterocycles. The maximum absolute atomic E-state index is 11.8. The zero-order valence-corrected chi connectivity index (χ0v) is 10.6. The largest absolute Gasteiger partial charge is 0.468 e. The summed E-state index contributed by atoms with van der Waals surface area (Å²) in [6.45, 7) is 6.06. The molecule has 94 valence electrons. The van der Waals surface area contributed by atoms with Gasteiger partial charge in [0.2, 0.25) is 5.91 Å². The topological polar surface area (TPSA) is 72.6 Å². The Morgan fingerprint density at radius 3 is 2.31 bits per heavy atom. The first kappa shape index (κ1) is 14.9. The molecule has 0 rings (SSSR count). The smallest absolute Gasteiger partial charge is 0.325 e. The van der Waals surface area contributed by atoms with Gasteiger partial charge in [-0.3, -0.25) is 9.59 Å². The van der Waals surface area contributed by atoms with Gasteiger partial charge in [-0.2, -0.15) is 0 Å². The van der Waals surface area contributed by atoms with E-state index in [0.717, 1.165) is 6.42 Å². The van der Waals surface area contributed by atoms with Crippen molar-refractivity contribution >= 4 is 11.9 Å². The van der Waals surface area contributed by atoms with Crippen molar-refractivity contribution in [1.82, 2.24) is 4.90 Å². The van der Waals surface area contributed by atoms with Crippen LogP contribution in [0.1, 0.15) is 33.6 Å². The van der Waals surface area contributed by atoms with E-state index in [0.29, 0.717) is 6.54 Å². The van der Waals surface area contributed by atoms with Gasteiger partial charge in [0.1, 0.15) is 6.54 Å². The first-order chi connectivity index (χ1) is 7.30. The van der Waals surface area contributed by atoms with Gasteiger partial charge in [0, 0.05) is 18.5 Å². The van der Waals surface area contributed by atoms with Gasteiger partial charge in [-0.05, 0) is 20.3 Å². The van der Waals surface area contributed by atoms with E-state index >= 15 is 0 Å². The number of nitrogens with two attached hydrogens (primary N) is 1. The highest BCUT2D eigenvalue weighted by atomic mass is 16.5. The molecule has 0 aromatic heterocycles. The Hall–Kier alpha value is -1.10. The van der Waals surface area contributed by atoms with Crippen molar-refractivity contribution in [3.8, 4) is 0 Å². The summed E-state index contributed by atoms with van der Waals surface area (Å²) in [5, 5.41) is 0. The Kier molecular flexibility index (Phi) is 6.03. The van der Waals surface area contributed by atoms with Crippen LogP contribution >= 0.6 is 0 Å². The van der Waals surface area contributed by atoms with Crippen LogP contribution in [0.25, 0.3) is 0 Å². The van der Waals surface area contributed by atoms with E-state index < -0.39 is 11.5 Å². The molecule has 0 unspecified atom stereocenters. The second kappa shape index (κ2) is 6.48. The second-order valence-electron chi connectivity index (χ2n) is 4.56. The lowest BCUT2D eigenvalue weighted by atomic mass is 10.0. The van der Waals surface area contributed by atoms with Gasteiger partial charge in [0.25, 0.3) is 0 Å². The van der Waals surface area contributed by atoms with Crippen LogP contribution in [0.3, 0.4) is 0 Å². The van der Waals surface area contributed by atoms with E-state index in [2.05, 4.69) is 4.74 Å². The molecule has 16 heavy (non-hydrogen) atoms. The fourth-order valence-electron chi connectivity index (χ4n) is 1.28. The van der Waals surface area contributed by atoms with Gasteiger partial charge in [-0.1, -0.05) is 6.92 Å². The SMILES string of the molecule is CCCN(CC(=O)OC)C(=O)CC(C)(C)N. The molecule has 2 N–H and O–H groups in total. The predicted octanol–water partition coefficient (Wildman–Crippen LogP) is 0.525. The van der Waals surface area contributed by atoms with Crippen molar-refractivity contribution in [3.05, 3.63) is 0 Å². The lowest BCUT2D eigenvalue weighted by molar-refractivity contribution is -0.147. The standard InChI is InChI=1S/C11H22N2O3/c1-5-6-13(8-10(15)16-4)9(14)7-11(2,3)12/h5-8,12H2,1-4H3. The molecule has 0 aromatic carbocycles. The molecule has 1 amide bonds. The summed E-state index contributed by atoms with van der Waals surface area (Å²) in [5.74, 6) is -0.517. The maximum atomic E-state index is 11.8. The molecular weight excluding hydrogens is 208 g/mol. The third-order valence-electron chi connectivity index (χ3n) is 2.00. The number of rotatable bonds is 6. The number of esters is 1. The fraction of sp³-hybridized carbons (Fsp3) is 0.818. The fourth-order valence-corrected chi connectivity index (χ4v) is 1.28. The van der Waals surface area contributed by atoms with Crippen molar-refractivity contribution in [3.63, 3.8) is 0 Å². The van der Waals surface area contributed by atoms with Gasteiger partial charge < -0.3 is 15.4 Å². The zero-order valence-electron chi connectivity index (χ0n) is 10.6. The Morgan fingerprint density at radius 1 is 1.38 bits per heavy atom. The molecule has 0 aliphatic rings. The lowest BCUT2D eigenvalue weighted by Crippen LogP contribution is -2.43. The lowest BCUT2D eigenvalue weighted by Gasteiger charge is -2.25. The third-order valence-corrected chi connectivity index (χ3v) is 2.00. The molecule has 0 aromatic rings. The van der Waals surface area contributed by atoms with Gasteiger partial charge >= 0.3 is 5.97 Å². The number of carbonyl (C=O) groups excluding carboxylic acids is 2. The van der Waals surface area contributed by atoms with E-state index in [1.54, 1.807) is 13.8 Å². The molecule has 5 nitrogen and oxygen atoms in total. The summed E-state index contributed by atoms with van der Waals surface area (Å²) in [5.41, 5.74) is 5.21. The van der Waals surface area contributed by atoms with Crippen LogP contribution in [0.5, 0.6) is 0 Å². The molecule has 0 saturated heterocycles. The minimum absolute atomic E-state index is 0.000741. The van der Waals surface area contributed by atoms with Crippen molar-refractivity contribution in [2.24, 2.45) is 5.73 Å². The van der Waals surface area contributed by atoms with Crippen LogP contribution < -0.4 is 5.73 Å². The third kappa shape index (κ3) is 6.40. The highest BCUT2D eigenvalue weighted by Gasteiger charge is 2.22. The summed E-state index contributed by atoms with van der Waals surface area (Å²) < 4.78 is 4.54. The summed E-state index contributed by atoms with van der Waals surface area (Å²) in [4.78, 5) is 24.4. The summed E-state index contributed by atoms with van der Waals surface area (Å²) in [6, 6.07) is 0.